The molecule has 0 bridgehead atoms. The summed E-state index contributed by atoms with van der Waals surface area (Å²) in [6, 6.07) is 11.8. The maximum absolute atomic E-state index is 14.0. The van der Waals surface area contributed by atoms with Crippen LogP contribution in [0.4, 0.5) is 13.2 Å². The van der Waals surface area contributed by atoms with Crippen LogP contribution in [0.25, 0.3) is 0 Å². The number of ether oxygens (including phenoxy) is 2. The first-order chi connectivity index (χ1) is 22.8. The first kappa shape index (κ1) is 36.4. The molecular weight excluding hydrogens is 669 g/mol. The first-order valence-electron chi connectivity index (χ1n) is 15.8. The van der Waals surface area contributed by atoms with Crippen molar-refractivity contribution >= 4 is 29.3 Å². The number of nitrogens with zero attached hydrogens (tertiary/aromatic N) is 1. The molecule has 48 heavy (non-hydrogen) atoms. The molecule has 5 N–H and O–H groups in total. The Hall–Kier alpha value is -2.84. The van der Waals surface area contributed by atoms with E-state index in [1.54, 1.807) is 11.2 Å². The molecule has 3 aromatic rings. The topological polar surface area (TPSA) is 125 Å². The Kier molecular flexibility index (Phi) is 12.0. The summed E-state index contributed by atoms with van der Waals surface area (Å²) in [6.45, 7) is 2.80. The highest BCUT2D eigenvalue weighted by Gasteiger charge is 2.44. The van der Waals surface area contributed by atoms with Gasteiger partial charge in [-0.15, -0.1) is 11.8 Å². The second-order valence-corrected chi connectivity index (χ2v) is 13.8. The minimum absolute atomic E-state index is 0.0461. The lowest BCUT2D eigenvalue weighted by Gasteiger charge is -2.40. The average molecular weight is 709 g/mol. The van der Waals surface area contributed by atoms with Gasteiger partial charge in [-0.3, -0.25) is 4.79 Å². The third kappa shape index (κ3) is 8.47. The molecule has 6 atom stereocenters. The largest absolute Gasteiger partial charge is 0.490 e. The summed E-state index contributed by atoms with van der Waals surface area (Å²) in [5.74, 6) is -2.83. The van der Waals surface area contributed by atoms with Crippen LogP contribution in [0.15, 0.2) is 48.5 Å². The molecule has 0 saturated carbocycles. The standard InChI is InChI=1S/C35H40ClF3N2O6S/c1-18-11-22(34-32(44)31(43)33(45)35(47-34)48-2)13-21(30(18)36)12-19-3-5-24(6-4-19)46-25-7-9-41(10-8-25)29(42)16-23(40)14-20-15-27(38)28(39)17-26(20)37/h3-6,11,13,15,17,23,25,31-35,43-45H,7-10,12,14,16,40H2,1-2H3/t23?,31-,32-,33+,34+,35-/m1/s1. The summed E-state index contributed by atoms with van der Waals surface area (Å²) < 4.78 is 52.9. The van der Waals surface area contributed by atoms with E-state index in [9.17, 15) is 33.3 Å². The number of thioether (sulfide) groups is 1. The van der Waals surface area contributed by atoms with Crippen LogP contribution in [-0.4, -0.2) is 81.4 Å². The highest BCUT2D eigenvalue weighted by Crippen LogP contribution is 2.38. The van der Waals surface area contributed by atoms with Crippen molar-refractivity contribution in [2.45, 2.75) is 81.0 Å². The van der Waals surface area contributed by atoms with Crippen LogP contribution in [0.1, 0.15) is 53.2 Å². The minimum atomic E-state index is -1.35. The second-order valence-electron chi connectivity index (χ2n) is 12.5. The van der Waals surface area contributed by atoms with Gasteiger partial charge in [-0.1, -0.05) is 35.9 Å². The first-order valence-corrected chi connectivity index (χ1v) is 17.4. The van der Waals surface area contributed by atoms with Gasteiger partial charge in [0.15, 0.2) is 11.6 Å². The lowest BCUT2D eigenvalue weighted by molar-refractivity contribution is -0.200. The van der Waals surface area contributed by atoms with Crippen molar-refractivity contribution in [3.05, 3.63) is 98.8 Å². The predicted octanol–water partition coefficient (Wildman–Crippen LogP) is 4.83. The van der Waals surface area contributed by atoms with Crippen LogP contribution >= 0.6 is 23.4 Å². The van der Waals surface area contributed by atoms with Gasteiger partial charge in [0, 0.05) is 49.5 Å². The molecule has 1 amide bonds. The van der Waals surface area contributed by atoms with Crippen LogP contribution in [0.5, 0.6) is 5.75 Å². The third-order valence-corrected chi connectivity index (χ3v) is 10.3. The van der Waals surface area contributed by atoms with Crippen molar-refractivity contribution in [3.63, 3.8) is 0 Å². The molecule has 5 rings (SSSR count). The number of halogens is 4. The van der Waals surface area contributed by atoms with Crippen molar-refractivity contribution in [1.82, 2.24) is 4.90 Å². The zero-order valence-corrected chi connectivity index (χ0v) is 28.2. The Balaban J connectivity index is 1.13. The molecule has 3 aromatic carbocycles. The van der Waals surface area contributed by atoms with E-state index in [0.717, 1.165) is 22.8 Å². The fourth-order valence-corrected chi connectivity index (χ4v) is 7.08. The average Bonchev–Trinajstić information content (AvgIpc) is 3.06. The van der Waals surface area contributed by atoms with Crippen molar-refractivity contribution in [2.24, 2.45) is 5.73 Å². The van der Waals surface area contributed by atoms with E-state index in [-0.39, 0.29) is 30.4 Å². The molecule has 0 aliphatic carbocycles. The fraction of sp³-hybridized carbons (Fsp3) is 0.457. The Morgan fingerprint density at radius 1 is 1.00 bits per heavy atom. The predicted molar refractivity (Wildman–Crippen MR) is 177 cm³/mol. The molecule has 0 radical (unpaired) electrons. The number of piperidine rings is 1. The molecule has 2 fully saturated rings. The van der Waals surface area contributed by atoms with Gasteiger partial charge in [0.2, 0.25) is 5.91 Å². The quantitative estimate of drug-likeness (QED) is 0.221. The molecule has 1 unspecified atom stereocenters. The van der Waals surface area contributed by atoms with Crippen molar-refractivity contribution in [2.75, 3.05) is 19.3 Å². The van der Waals surface area contributed by atoms with Gasteiger partial charge in [-0.25, -0.2) is 13.2 Å². The third-order valence-electron chi connectivity index (χ3n) is 8.91. The maximum atomic E-state index is 14.0. The number of amides is 1. The number of carbonyl (C=O) groups is 1. The second kappa shape index (κ2) is 15.8. The number of hydrogen-bond donors (Lipinski definition) is 4. The lowest BCUT2D eigenvalue weighted by atomic mass is 9.91. The molecule has 13 heteroatoms. The van der Waals surface area contributed by atoms with Crippen molar-refractivity contribution in [1.29, 1.82) is 0 Å². The van der Waals surface area contributed by atoms with Crippen LogP contribution in [0.2, 0.25) is 5.02 Å². The summed E-state index contributed by atoms with van der Waals surface area (Å²) in [6.07, 6.45) is -1.44. The van der Waals surface area contributed by atoms with Crippen LogP contribution < -0.4 is 10.5 Å². The molecular formula is C35H40ClF3N2O6S. The highest BCUT2D eigenvalue weighted by atomic mass is 35.5. The van der Waals surface area contributed by atoms with Gasteiger partial charge in [-0.05, 0) is 72.0 Å². The van der Waals surface area contributed by atoms with Gasteiger partial charge in [-0.2, -0.15) is 0 Å². The minimum Gasteiger partial charge on any atom is -0.490 e. The number of aliphatic hydroxyl groups excluding tert-OH is 3. The molecule has 2 saturated heterocycles. The van der Waals surface area contributed by atoms with Gasteiger partial charge in [0.25, 0.3) is 0 Å². The Morgan fingerprint density at radius 2 is 1.67 bits per heavy atom. The Morgan fingerprint density at radius 3 is 2.33 bits per heavy atom. The van der Waals surface area contributed by atoms with Gasteiger partial charge in [0.1, 0.15) is 47.5 Å². The zero-order valence-electron chi connectivity index (χ0n) is 26.6. The van der Waals surface area contributed by atoms with Crippen LogP contribution in [-0.2, 0) is 22.4 Å². The molecule has 260 valence electrons. The number of rotatable bonds is 10. The smallest absolute Gasteiger partial charge is 0.224 e. The highest BCUT2D eigenvalue weighted by molar-refractivity contribution is 7.99. The number of likely N-dealkylation sites (tertiary alicyclic amines) is 1. The SMILES string of the molecule is CS[C@H]1O[C@@H](c2cc(C)c(Cl)c(Cc3ccc(OC4CCN(C(=O)CC(N)Cc5cc(F)c(F)cc5F)CC4)cc3)c2)[C@H](O)[C@@H](O)[C@@H]1O. The number of aliphatic hydroxyl groups is 3. The number of carbonyl (C=O) groups excluding carboxylic acids is 1. The molecule has 8 nitrogen and oxygen atoms in total. The van der Waals surface area contributed by atoms with E-state index in [0.29, 0.717) is 54.8 Å². The summed E-state index contributed by atoms with van der Waals surface area (Å²) in [7, 11) is 0. The Bertz CT molecular complexity index is 1590. The summed E-state index contributed by atoms with van der Waals surface area (Å²) >= 11 is 7.93. The van der Waals surface area contributed by atoms with Crippen LogP contribution in [0.3, 0.4) is 0 Å². The fourth-order valence-electron chi connectivity index (χ4n) is 6.23. The van der Waals surface area contributed by atoms with E-state index >= 15 is 0 Å². The molecule has 0 spiro atoms. The van der Waals surface area contributed by atoms with E-state index in [1.165, 1.54) is 11.8 Å². The zero-order chi connectivity index (χ0) is 34.7. The number of hydrogen-bond acceptors (Lipinski definition) is 8. The summed E-state index contributed by atoms with van der Waals surface area (Å²) in [5, 5.41) is 31.9. The molecule has 2 heterocycles. The normalized spacial score (nSPS) is 24.0. The van der Waals surface area contributed by atoms with Crippen molar-refractivity contribution < 1.29 is 42.8 Å². The molecule has 0 aromatic heterocycles. The lowest BCUT2D eigenvalue weighted by Crippen LogP contribution is -2.52. The summed E-state index contributed by atoms with van der Waals surface area (Å²) in [5.41, 5.74) is 8.54. The monoisotopic (exact) mass is 708 g/mol. The molecule has 2 aliphatic heterocycles. The van der Waals surface area contributed by atoms with Gasteiger partial charge >= 0.3 is 0 Å². The van der Waals surface area contributed by atoms with Crippen LogP contribution in [0, 0.1) is 24.4 Å². The van der Waals surface area contributed by atoms with E-state index in [1.807, 2.05) is 43.3 Å². The Labute approximate surface area is 287 Å². The van der Waals surface area contributed by atoms with Crippen molar-refractivity contribution in [3.8, 4) is 5.75 Å². The van der Waals surface area contributed by atoms with E-state index < -0.39 is 53.3 Å². The van der Waals surface area contributed by atoms with Gasteiger partial charge in [0.05, 0.1) is 0 Å². The van der Waals surface area contributed by atoms with E-state index in [2.05, 4.69) is 0 Å². The summed E-state index contributed by atoms with van der Waals surface area (Å²) in [4.78, 5) is 14.5. The number of benzene rings is 3. The molecule has 2 aliphatic rings. The van der Waals surface area contributed by atoms with Gasteiger partial charge < -0.3 is 35.4 Å². The number of aryl methyl sites for hydroxylation is 1. The maximum Gasteiger partial charge on any atom is 0.224 e. The van der Waals surface area contributed by atoms with E-state index in [4.69, 9.17) is 26.8 Å². The number of nitrogens with two attached hydrogens (primary N) is 1.